The number of hydrazine groups is 1. The third-order valence-electron chi connectivity index (χ3n) is 4.33. The lowest BCUT2D eigenvalue weighted by molar-refractivity contribution is -0.123. The Balaban J connectivity index is 1.51. The Labute approximate surface area is 120 Å². The molecule has 0 aromatic heterocycles. The van der Waals surface area contributed by atoms with Crippen LogP contribution in [0, 0.1) is 0 Å². The zero-order valence-corrected chi connectivity index (χ0v) is 12.0. The molecule has 3 rings (SSSR count). The molecule has 4 heteroatoms. The highest BCUT2D eigenvalue weighted by Crippen LogP contribution is 2.22. The van der Waals surface area contributed by atoms with Crippen LogP contribution in [-0.4, -0.2) is 24.0 Å². The van der Waals surface area contributed by atoms with Crippen molar-refractivity contribution in [3.05, 3.63) is 35.4 Å². The van der Waals surface area contributed by atoms with E-state index in [0.29, 0.717) is 6.04 Å². The van der Waals surface area contributed by atoms with E-state index in [4.69, 9.17) is 0 Å². The van der Waals surface area contributed by atoms with E-state index in [9.17, 15) is 4.79 Å². The Morgan fingerprint density at radius 2 is 1.95 bits per heavy atom. The van der Waals surface area contributed by atoms with Gasteiger partial charge >= 0.3 is 0 Å². The van der Waals surface area contributed by atoms with E-state index in [0.717, 1.165) is 32.1 Å². The van der Waals surface area contributed by atoms with E-state index < -0.39 is 0 Å². The number of amides is 1. The van der Waals surface area contributed by atoms with Crippen molar-refractivity contribution in [2.24, 2.45) is 0 Å². The van der Waals surface area contributed by atoms with E-state index in [2.05, 4.69) is 47.4 Å². The highest BCUT2D eigenvalue weighted by Gasteiger charge is 2.31. The van der Waals surface area contributed by atoms with Gasteiger partial charge in [-0.15, -0.1) is 0 Å². The normalized spacial score (nSPS) is 25.6. The lowest BCUT2D eigenvalue weighted by Crippen LogP contribution is -2.47. The predicted molar refractivity (Wildman–Crippen MR) is 79.2 cm³/mol. The SMILES string of the molecule is CCCC1CC(C(=O)NC2Cc3ccccc3C2)NN1. The van der Waals surface area contributed by atoms with Crippen molar-refractivity contribution in [3.63, 3.8) is 0 Å². The van der Waals surface area contributed by atoms with Crippen molar-refractivity contribution in [2.75, 3.05) is 0 Å². The summed E-state index contributed by atoms with van der Waals surface area (Å²) in [7, 11) is 0. The zero-order chi connectivity index (χ0) is 13.9. The molecular formula is C16H23N3O. The molecule has 4 nitrogen and oxygen atoms in total. The lowest BCUT2D eigenvalue weighted by Gasteiger charge is -2.15. The molecular weight excluding hydrogens is 250 g/mol. The van der Waals surface area contributed by atoms with Gasteiger partial charge in [0, 0.05) is 12.1 Å². The first-order valence-corrected chi connectivity index (χ1v) is 7.64. The topological polar surface area (TPSA) is 53.2 Å². The molecule has 0 radical (unpaired) electrons. The van der Waals surface area contributed by atoms with E-state index >= 15 is 0 Å². The fraction of sp³-hybridized carbons (Fsp3) is 0.562. The van der Waals surface area contributed by atoms with Gasteiger partial charge in [0.15, 0.2) is 0 Å². The molecule has 0 spiro atoms. The van der Waals surface area contributed by atoms with Crippen LogP contribution < -0.4 is 16.2 Å². The highest BCUT2D eigenvalue weighted by molar-refractivity contribution is 5.82. The Morgan fingerprint density at radius 3 is 2.60 bits per heavy atom. The summed E-state index contributed by atoms with van der Waals surface area (Å²) in [5.41, 5.74) is 9.09. The van der Waals surface area contributed by atoms with Crippen molar-refractivity contribution in [3.8, 4) is 0 Å². The number of hydrogen-bond acceptors (Lipinski definition) is 3. The average molecular weight is 273 g/mol. The molecule has 2 aliphatic rings. The van der Waals surface area contributed by atoms with Gasteiger partial charge in [0.05, 0.1) is 0 Å². The second-order valence-corrected chi connectivity index (χ2v) is 5.95. The molecule has 1 aliphatic heterocycles. The van der Waals surface area contributed by atoms with Gasteiger partial charge in [-0.05, 0) is 36.8 Å². The lowest BCUT2D eigenvalue weighted by atomic mass is 10.1. The van der Waals surface area contributed by atoms with Crippen LogP contribution >= 0.6 is 0 Å². The molecule has 1 amide bonds. The molecule has 1 aromatic carbocycles. The fourth-order valence-electron chi connectivity index (χ4n) is 3.29. The summed E-state index contributed by atoms with van der Waals surface area (Å²) >= 11 is 0. The number of benzene rings is 1. The number of hydrogen-bond donors (Lipinski definition) is 3. The minimum absolute atomic E-state index is 0.0877. The molecule has 2 unspecified atom stereocenters. The van der Waals surface area contributed by atoms with Crippen LogP contribution in [0.25, 0.3) is 0 Å². The molecule has 1 aromatic rings. The minimum atomic E-state index is -0.0877. The van der Waals surface area contributed by atoms with Gasteiger partial charge in [0.25, 0.3) is 0 Å². The van der Waals surface area contributed by atoms with Crippen LogP contribution in [0.5, 0.6) is 0 Å². The third kappa shape index (κ3) is 2.86. The van der Waals surface area contributed by atoms with Crippen molar-refractivity contribution < 1.29 is 4.79 Å². The summed E-state index contributed by atoms with van der Waals surface area (Å²) in [5.74, 6) is 0.133. The first kappa shape index (κ1) is 13.6. The van der Waals surface area contributed by atoms with Gasteiger partial charge in [-0.1, -0.05) is 37.6 Å². The van der Waals surface area contributed by atoms with Gasteiger partial charge in [-0.25, -0.2) is 5.43 Å². The summed E-state index contributed by atoms with van der Waals surface area (Å²) in [6.45, 7) is 2.17. The summed E-state index contributed by atoms with van der Waals surface area (Å²) in [4.78, 5) is 12.3. The molecule has 0 bridgehead atoms. The Hall–Kier alpha value is -1.39. The number of carbonyl (C=O) groups is 1. The fourth-order valence-corrected chi connectivity index (χ4v) is 3.29. The maximum atomic E-state index is 12.3. The molecule has 2 atom stereocenters. The second kappa shape index (κ2) is 5.94. The number of rotatable bonds is 4. The smallest absolute Gasteiger partial charge is 0.238 e. The van der Waals surface area contributed by atoms with Crippen molar-refractivity contribution in [1.29, 1.82) is 0 Å². The first-order chi connectivity index (χ1) is 9.76. The van der Waals surface area contributed by atoms with Crippen LogP contribution in [0.15, 0.2) is 24.3 Å². The Kier molecular flexibility index (Phi) is 4.03. The van der Waals surface area contributed by atoms with Gasteiger partial charge in [0.1, 0.15) is 6.04 Å². The van der Waals surface area contributed by atoms with Crippen LogP contribution in [0.4, 0.5) is 0 Å². The van der Waals surface area contributed by atoms with E-state index in [1.807, 2.05) is 0 Å². The number of nitrogens with one attached hydrogen (secondary N) is 3. The molecule has 1 heterocycles. The summed E-state index contributed by atoms with van der Waals surface area (Å²) in [6.07, 6.45) is 5.07. The van der Waals surface area contributed by atoms with Gasteiger partial charge in [0.2, 0.25) is 5.91 Å². The van der Waals surface area contributed by atoms with E-state index in [1.54, 1.807) is 0 Å². The summed E-state index contributed by atoms with van der Waals surface area (Å²) in [5, 5.41) is 3.19. The first-order valence-electron chi connectivity index (χ1n) is 7.64. The van der Waals surface area contributed by atoms with Crippen LogP contribution in [0.3, 0.4) is 0 Å². The molecule has 20 heavy (non-hydrogen) atoms. The van der Waals surface area contributed by atoms with Crippen LogP contribution in [0.1, 0.15) is 37.3 Å². The quantitative estimate of drug-likeness (QED) is 0.775. The van der Waals surface area contributed by atoms with E-state index in [1.165, 1.54) is 11.1 Å². The molecule has 1 saturated heterocycles. The maximum Gasteiger partial charge on any atom is 0.238 e. The minimum Gasteiger partial charge on any atom is -0.351 e. The third-order valence-corrected chi connectivity index (χ3v) is 4.33. The van der Waals surface area contributed by atoms with Gasteiger partial charge < -0.3 is 5.32 Å². The monoisotopic (exact) mass is 273 g/mol. The van der Waals surface area contributed by atoms with Gasteiger partial charge in [-0.3, -0.25) is 10.2 Å². The molecule has 1 aliphatic carbocycles. The van der Waals surface area contributed by atoms with Crippen molar-refractivity contribution in [1.82, 2.24) is 16.2 Å². The van der Waals surface area contributed by atoms with Crippen LogP contribution in [0.2, 0.25) is 0 Å². The number of carbonyl (C=O) groups excluding carboxylic acids is 1. The standard InChI is InChI=1S/C16H23N3O/c1-2-5-13-10-15(19-18-13)16(20)17-14-8-11-6-3-4-7-12(11)9-14/h3-4,6-7,13-15,18-19H,2,5,8-10H2,1H3,(H,17,20). The largest absolute Gasteiger partial charge is 0.351 e. The molecule has 108 valence electrons. The number of fused-ring (bicyclic) bond motifs is 1. The maximum absolute atomic E-state index is 12.3. The van der Waals surface area contributed by atoms with Crippen molar-refractivity contribution >= 4 is 5.91 Å². The molecule has 0 saturated carbocycles. The average Bonchev–Trinajstić information content (AvgIpc) is 3.04. The summed E-state index contributed by atoms with van der Waals surface area (Å²) in [6, 6.07) is 9.06. The van der Waals surface area contributed by atoms with Crippen molar-refractivity contribution in [2.45, 2.75) is 57.2 Å². The summed E-state index contributed by atoms with van der Waals surface area (Å²) < 4.78 is 0. The molecule has 3 N–H and O–H groups in total. The predicted octanol–water partition coefficient (Wildman–Crippen LogP) is 1.31. The highest BCUT2D eigenvalue weighted by atomic mass is 16.2. The second-order valence-electron chi connectivity index (χ2n) is 5.95. The Morgan fingerprint density at radius 1 is 1.25 bits per heavy atom. The Bertz CT molecular complexity index is 463. The van der Waals surface area contributed by atoms with Gasteiger partial charge in [-0.2, -0.15) is 0 Å². The zero-order valence-electron chi connectivity index (χ0n) is 12.0. The van der Waals surface area contributed by atoms with E-state index in [-0.39, 0.29) is 18.0 Å². The van der Waals surface area contributed by atoms with Crippen LogP contribution in [-0.2, 0) is 17.6 Å². The molecule has 1 fully saturated rings.